The molecule has 1 unspecified atom stereocenters. The molecular formula is C11H16N2O3. The minimum absolute atomic E-state index is 0.257. The van der Waals surface area contributed by atoms with Crippen LogP contribution in [-0.4, -0.2) is 33.6 Å². The van der Waals surface area contributed by atoms with Gasteiger partial charge in [0.1, 0.15) is 5.69 Å². The Bertz CT molecular complexity index is 356. The largest absolute Gasteiger partial charge is 0.477 e. The Hall–Kier alpha value is -1.36. The smallest absolute Gasteiger partial charge is 0.354 e. The average Bonchev–Trinajstić information content (AvgIpc) is 2.87. The van der Waals surface area contributed by atoms with Crippen molar-refractivity contribution in [1.29, 1.82) is 0 Å². The maximum atomic E-state index is 10.8. The number of rotatable bonds is 5. The number of ether oxygens (including phenoxy) is 1. The minimum Gasteiger partial charge on any atom is -0.477 e. The summed E-state index contributed by atoms with van der Waals surface area (Å²) in [6.07, 6.45) is 6.06. The summed E-state index contributed by atoms with van der Waals surface area (Å²) >= 11 is 0. The molecule has 88 valence electrons. The molecule has 1 aliphatic rings. The van der Waals surface area contributed by atoms with Crippen molar-refractivity contribution in [3.63, 3.8) is 0 Å². The highest BCUT2D eigenvalue weighted by Crippen LogP contribution is 2.17. The molecule has 1 aromatic rings. The van der Waals surface area contributed by atoms with Crippen molar-refractivity contribution in [2.24, 2.45) is 0 Å². The van der Waals surface area contributed by atoms with Gasteiger partial charge < -0.3 is 9.84 Å². The highest BCUT2D eigenvalue weighted by Gasteiger charge is 2.15. The molecule has 0 aromatic carbocycles. The predicted octanol–water partition coefficient (Wildman–Crippen LogP) is 1.54. The lowest BCUT2D eigenvalue weighted by Crippen LogP contribution is -2.12. The lowest BCUT2D eigenvalue weighted by atomic mass is 10.1. The van der Waals surface area contributed by atoms with Crippen molar-refractivity contribution < 1.29 is 14.6 Å². The number of hydrogen-bond donors (Lipinski definition) is 1. The summed E-state index contributed by atoms with van der Waals surface area (Å²) in [7, 11) is 0. The zero-order chi connectivity index (χ0) is 11.4. The highest BCUT2D eigenvalue weighted by atomic mass is 16.5. The van der Waals surface area contributed by atoms with Crippen LogP contribution < -0.4 is 0 Å². The summed E-state index contributed by atoms with van der Waals surface area (Å²) in [5.41, 5.74) is 0.257. The normalized spacial score (nSPS) is 20.1. The van der Waals surface area contributed by atoms with Gasteiger partial charge in [-0.05, 0) is 31.7 Å². The first-order chi connectivity index (χ1) is 7.77. The van der Waals surface area contributed by atoms with Crippen LogP contribution in [0.15, 0.2) is 12.3 Å². The molecule has 1 fully saturated rings. The molecule has 0 saturated carbocycles. The summed E-state index contributed by atoms with van der Waals surface area (Å²) in [5.74, 6) is -0.922. The molecule has 2 heterocycles. The van der Waals surface area contributed by atoms with E-state index in [0.29, 0.717) is 12.6 Å². The van der Waals surface area contributed by atoms with E-state index in [1.807, 2.05) is 0 Å². The van der Waals surface area contributed by atoms with Crippen LogP contribution >= 0.6 is 0 Å². The molecule has 1 aromatic heterocycles. The molecule has 1 aliphatic heterocycles. The fourth-order valence-corrected chi connectivity index (χ4v) is 2.03. The average molecular weight is 224 g/mol. The van der Waals surface area contributed by atoms with Crippen molar-refractivity contribution in [1.82, 2.24) is 9.78 Å². The number of carboxylic acid groups (broad SMARTS) is 1. The molecule has 2 rings (SSSR count). The second kappa shape index (κ2) is 5.12. The molecule has 5 heteroatoms. The first kappa shape index (κ1) is 11.1. The van der Waals surface area contributed by atoms with Crippen LogP contribution in [-0.2, 0) is 11.3 Å². The molecule has 0 amide bonds. The van der Waals surface area contributed by atoms with E-state index in [9.17, 15) is 4.79 Å². The fourth-order valence-electron chi connectivity index (χ4n) is 2.03. The number of nitrogens with zero attached hydrogens (tertiary/aromatic N) is 2. The molecule has 16 heavy (non-hydrogen) atoms. The molecular weight excluding hydrogens is 208 g/mol. The van der Waals surface area contributed by atoms with E-state index in [1.165, 1.54) is 16.9 Å². The quantitative estimate of drug-likeness (QED) is 0.824. The van der Waals surface area contributed by atoms with Crippen molar-refractivity contribution in [2.45, 2.75) is 38.3 Å². The van der Waals surface area contributed by atoms with E-state index < -0.39 is 5.97 Å². The van der Waals surface area contributed by atoms with Crippen molar-refractivity contribution in [3.8, 4) is 0 Å². The minimum atomic E-state index is -0.922. The summed E-state index contributed by atoms with van der Waals surface area (Å²) in [6, 6.07) is 1.52. The van der Waals surface area contributed by atoms with Crippen molar-refractivity contribution >= 4 is 5.97 Å². The van der Waals surface area contributed by atoms with Gasteiger partial charge in [0.15, 0.2) is 0 Å². The van der Waals surface area contributed by atoms with Crippen LogP contribution in [0.25, 0.3) is 0 Å². The molecule has 0 radical (unpaired) electrons. The third-order valence-corrected chi connectivity index (χ3v) is 2.86. The van der Waals surface area contributed by atoms with E-state index in [1.54, 1.807) is 0 Å². The van der Waals surface area contributed by atoms with Gasteiger partial charge in [0.05, 0.1) is 6.10 Å². The predicted molar refractivity (Wildman–Crippen MR) is 57.4 cm³/mol. The molecule has 0 spiro atoms. The lowest BCUT2D eigenvalue weighted by molar-refractivity contribution is 0.0682. The molecule has 5 nitrogen and oxygen atoms in total. The van der Waals surface area contributed by atoms with Crippen LogP contribution in [0.5, 0.6) is 0 Å². The summed E-state index contributed by atoms with van der Waals surface area (Å²) in [5, 5.41) is 12.9. The van der Waals surface area contributed by atoms with Gasteiger partial charge in [-0.3, -0.25) is 4.68 Å². The summed E-state index contributed by atoms with van der Waals surface area (Å²) in [6.45, 7) is 1.52. The molecule has 0 aliphatic carbocycles. The Balaban J connectivity index is 1.80. The van der Waals surface area contributed by atoms with Crippen molar-refractivity contribution in [3.05, 3.63) is 18.0 Å². The Kier molecular flexibility index (Phi) is 3.56. The SMILES string of the molecule is O=C(O)c1ccnn1CCCC1CCCO1. The fraction of sp³-hybridized carbons (Fsp3) is 0.636. The van der Waals surface area contributed by atoms with Crippen LogP contribution in [0.1, 0.15) is 36.2 Å². The van der Waals surface area contributed by atoms with Gasteiger partial charge in [0, 0.05) is 19.3 Å². The van der Waals surface area contributed by atoms with E-state index >= 15 is 0 Å². The van der Waals surface area contributed by atoms with Crippen LogP contribution in [0.3, 0.4) is 0 Å². The van der Waals surface area contributed by atoms with Gasteiger partial charge in [-0.1, -0.05) is 0 Å². The molecule has 0 bridgehead atoms. The second-order valence-corrected chi connectivity index (χ2v) is 4.02. The molecule has 1 saturated heterocycles. The molecule has 1 N–H and O–H groups in total. The number of aromatic nitrogens is 2. The van der Waals surface area contributed by atoms with Crippen LogP contribution in [0.4, 0.5) is 0 Å². The Morgan fingerprint density at radius 3 is 3.25 bits per heavy atom. The number of hydrogen-bond acceptors (Lipinski definition) is 3. The van der Waals surface area contributed by atoms with Gasteiger partial charge in [-0.25, -0.2) is 4.79 Å². The van der Waals surface area contributed by atoms with Crippen LogP contribution in [0.2, 0.25) is 0 Å². The van der Waals surface area contributed by atoms with Gasteiger partial charge in [-0.2, -0.15) is 5.10 Å². The van der Waals surface area contributed by atoms with E-state index in [-0.39, 0.29) is 5.69 Å². The molecule has 1 atom stereocenters. The zero-order valence-corrected chi connectivity index (χ0v) is 9.13. The van der Waals surface area contributed by atoms with Crippen molar-refractivity contribution in [2.75, 3.05) is 6.61 Å². The van der Waals surface area contributed by atoms with Gasteiger partial charge in [0.25, 0.3) is 0 Å². The number of aryl methyl sites for hydroxylation is 1. The van der Waals surface area contributed by atoms with Gasteiger partial charge >= 0.3 is 5.97 Å². The van der Waals surface area contributed by atoms with Crippen LogP contribution in [0, 0.1) is 0 Å². The number of carbonyl (C=O) groups is 1. The first-order valence-corrected chi connectivity index (χ1v) is 5.64. The highest BCUT2D eigenvalue weighted by molar-refractivity contribution is 5.85. The topological polar surface area (TPSA) is 64.3 Å². The maximum Gasteiger partial charge on any atom is 0.354 e. The first-order valence-electron chi connectivity index (χ1n) is 5.64. The van der Waals surface area contributed by atoms with E-state index in [2.05, 4.69) is 5.10 Å². The monoisotopic (exact) mass is 224 g/mol. The maximum absolute atomic E-state index is 10.8. The summed E-state index contributed by atoms with van der Waals surface area (Å²) in [4.78, 5) is 10.8. The third kappa shape index (κ3) is 2.61. The zero-order valence-electron chi connectivity index (χ0n) is 9.13. The Labute approximate surface area is 94.0 Å². The second-order valence-electron chi connectivity index (χ2n) is 4.02. The Morgan fingerprint density at radius 1 is 1.69 bits per heavy atom. The third-order valence-electron chi connectivity index (χ3n) is 2.86. The van der Waals surface area contributed by atoms with E-state index in [4.69, 9.17) is 9.84 Å². The standard InChI is InChI=1S/C11H16N2O3/c14-11(15)10-5-6-12-13(10)7-1-3-9-4-2-8-16-9/h5-6,9H,1-4,7-8H2,(H,14,15). The Morgan fingerprint density at radius 2 is 2.56 bits per heavy atom. The summed E-state index contributed by atoms with van der Waals surface area (Å²) < 4.78 is 7.04. The number of aromatic carboxylic acids is 1. The lowest BCUT2D eigenvalue weighted by Gasteiger charge is -2.09. The number of carboxylic acids is 1. The van der Waals surface area contributed by atoms with Gasteiger partial charge in [0.2, 0.25) is 0 Å². The van der Waals surface area contributed by atoms with Gasteiger partial charge in [-0.15, -0.1) is 0 Å². The van der Waals surface area contributed by atoms with E-state index in [0.717, 1.165) is 32.3 Å².